The number of carbonyl (C=O) groups is 2. The van der Waals surface area contributed by atoms with Gasteiger partial charge in [0.05, 0.1) is 11.3 Å². The standard InChI is InChI=1S/C18H17ClO5S/c1-12(17(20)14-7-9-16(19)10-8-14)24-18(21)15-5-3-13(4-6-15)11-25(2,22)23/h3-10,12H,11H2,1-2H3/t12-/m1/s1. The molecule has 0 N–H and O–H groups in total. The number of Topliss-reactive ketones (excluding diaryl/α,β-unsaturated/α-hetero) is 1. The maximum Gasteiger partial charge on any atom is 0.338 e. The highest BCUT2D eigenvalue weighted by atomic mass is 35.5. The van der Waals surface area contributed by atoms with E-state index in [-0.39, 0.29) is 17.1 Å². The van der Waals surface area contributed by atoms with Crippen LogP contribution in [0, 0.1) is 0 Å². The lowest BCUT2D eigenvalue weighted by atomic mass is 10.1. The summed E-state index contributed by atoms with van der Waals surface area (Å²) in [7, 11) is -3.14. The van der Waals surface area contributed by atoms with Crippen LogP contribution in [-0.2, 0) is 20.3 Å². The lowest BCUT2D eigenvalue weighted by Crippen LogP contribution is -2.24. The van der Waals surface area contributed by atoms with Gasteiger partial charge in [0, 0.05) is 16.8 Å². The van der Waals surface area contributed by atoms with Gasteiger partial charge in [0.2, 0.25) is 5.78 Å². The number of hydrogen-bond acceptors (Lipinski definition) is 5. The number of esters is 1. The minimum atomic E-state index is -3.14. The number of hydrogen-bond donors (Lipinski definition) is 0. The third-order valence-electron chi connectivity index (χ3n) is 3.40. The first-order valence-corrected chi connectivity index (χ1v) is 9.87. The molecule has 0 aliphatic rings. The van der Waals surface area contributed by atoms with Gasteiger partial charge in [-0.1, -0.05) is 23.7 Å². The normalized spacial score (nSPS) is 12.4. The Balaban J connectivity index is 2.03. The number of sulfone groups is 1. The van der Waals surface area contributed by atoms with Gasteiger partial charge in [0.15, 0.2) is 15.9 Å². The highest BCUT2D eigenvalue weighted by Crippen LogP contribution is 2.14. The quantitative estimate of drug-likeness (QED) is 0.567. The van der Waals surface area contributed by atoms with Crippen LogP contribution in [0.3, 0.4) is 0 Å². The van der Waals surface area contributed by atoms with Crippen LogP contribution in [0.4, 0.5) is 0 Å². The van der Waals surface area contributed by atoms with Gasteiger partial charge >= 0.3 is 5.97 Å². The SMILES string of the molecule is C[C@@H](OC(=O)c1ccc(CS(C)(=O)=O)cc1)C(=O)c1ccc(Cl)cc1. The van der Waals surface area contributed by atoms with E-state index in [0.717, 1.165) is 6.26 Å². The van der Waals surface area contributed by atoms with Crippen molar-refractivity contribution < 1.29 is 22.7 Å². The number of benzene rings is 2. The summed E-state index contributed by atoms with van der Waals surface area (Å²) in [5, 5.41) is 0.510. The van der Waals surface area contributed by atoms with Gasteiger partial charge in [-0.15, -0.1) is 0 Å². The molecule has 0 spiro atoms. The van der Waals surface area contributed by atoms with Gasteiger partial charge in [-0.3, -0.25) is 4.79 Å². The summed E-state index contributed by atoms with van der Waals surface area (Å²) in [6.07, 6.45) is 0.184. The van der Waals surface area contributed by atoms with Crippen LogP contribution >= 0.6 is 11.6 Å². The predicted molar refractivity (Wildman–Crippen MR) is 95.6 cm³/mol. The molecule has 0 heterocycles. The average Bonchev–Trinajstić information content (AvgIpc) is 2.54. The van der Waals surface area contributed by atoms with Crippen molar-refractivity contribution in [3.05, 3.63) is 70.2 Å². The highest BCUT2D eigenvalue weighted by molar-refractivity contribution is 7.89. The summed E-state index contributed by atoms with van der Waals surface area (Å²) in [5.74, 6) is -1.09. The Bertz CT molecular complexity index is 871. The number of carbonyl (C=O) groups excluding carboxylic acids is 2. The molecule has 2 aromatic carbocycles. The minimum absolute atomic E-state index is 0.103. The molecule has 0 radical (unpaired) electrons. The summed E-state index contributed by atoms with van der Waals surface area (Å²) < 4.78 is 27.7. The lowest BCUT2D eigenvalue weighted by molar-refractivity contribution is 0.0319. The third-order valence-corrected chi connectivity index (χ3v) is 4.51. The van der Waals surface area contributed by atoms with E-state index in [4.69, 9.17) is 16.3 Å². The number of ether oxygens (including phenoxy) is 1. The zero-order valence-corrected chi connectivity index (χ0v) is 15.3. The van der Waals surface area contributed by atoms with Crippen molar-refractivity contribution in [1.82, 2.24) is 0 Å². The van der Waals surface area contributed by atoms with E-state index < -0.39 is 21.9 Å². The fourth-order valence-electron chi connectivity index (χ4n) is 2.17. The second-order valence-corrected chi connectivity index (χ2v) is 8.26. The second kappa shape index (κ2) is 7.80. The molecule has 0 aliphatic carbocycles. The predicted octanol–water partition coefficient (Wildman–Crippen LogP) is 3.31. The number of halogens is 1. The fraction of sp³-hybridized carbons (Fsp3) is 0.222. The van der Waals surface area contributed by atoms with Gasteiger partial charge in [-0.25, -0.2) is 13.2 Å². The first kappa shape index (κ1) is 19.1. The molecule has 0 bridgehead atoms. The van der Waals surface area contributed by atoms with Crippen molar-refractivity contribution in [2.24, 2.45) is 0 Å². The Morgan fingerprint density at radius 2 is 1.52 bits per heavy atom. The van der Waals surface area contributed by atoms with E-state index in [1.54, 1.807) is 36.4 Å². The Kier molecular flexibility index (Phi) is 5.98. The Morgan fingerprint density at radius 3 is 2.04 bits per heavy atom. The van der Waals surface area contributed by atoms with E-state index in [1.807, 2.05) is 0 Å². The van der Waals surface area contributed by atoms with E-state index in [2.05, 4.69) is 0 Å². The van der Waals surface area contributed by atoms with Crippen LogP contribution in [0.15, 0.2) is 48.5 Å². The van der Waals surface area contributed by atoms with Crippen LogP contribution in [-0.4, -0.2) is 32.5 Å². The van der Waals surface area contributed by atoms with E-state index >= 15 is 0 Å². The maximum absolute atomic E-state index is 12.2. The third kappa shape index (κ3) is 5.69. The molecule has 5 nitrogen and oxygen atoms in total. The van der Waals surface area contributed by atoms with Crippen molar-refractivity contribution in [3.63, 3.8) is 0 Å². The van der Waals surface area contributed by atoms with Crippen LogP contribution < -0.4 is 0 Å². The Hall–Kier alpha value is -2.18. The molecule has 7 heteroatoms. The molecule has 0 amide bonds. The zero-order valence-electron chi connectivity index (χ0n) is 13.7. The Morgan fingerprint density at radius 1 is 1.00 bits per heavy atom. The summed E-state index contributed by atoms with van der Waals surface area (Å²) in [6, 6.07) is 12.3. The summed E-state index contributed by atoms with van der Waals surface area (Å²) >= 11 is 5.78. The molecule has 0 saturated heterocycles. The number of ketones is 1. The van der Waals surface area contributed by atoms with Crippen LogP contribution in [0.5, 0.6) is 0 Å². The van der Waals surface area contributed by atoms with Crippen molar-refractivity contribution in [1.29, 1.82) is 0 Å². The van der Waals surface area contributed by atoms with E-state index in [9.17, 15) is 18.0 Å². The monoisotopic (exact) mass is 380 g/mol. The van der Waals surface area contributed by atoms with Crippen molar-refractivity contribution >= 4 is 33.2 Å². The molecular weight excluding hydrogens is 364 g/mol. The first-order chi connectivity index (χ1) is 11.7. The zero-order chi connectivity index (χ0) is 18.6. The molecule has 0 fully saturated rings. The van der Waals surface area contributed by atoms with Crippen LogP contribution in [0.2, 0.25) is 5.02 Å². The van der Waals surface area contributed by atoms with Crippen LogP contribution in [0.25, 0.3) is 0 Å². The van der Waals surface area contributed by atoms with Crippen molar-refractivity contribution in [2.75, 3.05) is 6.26 Å². The fourth-order valence-corrected chi connectivity index (χ4v) is 3.09. The molecule has 0 aromatic heterocycles. The van der Waals surface area contributed by atoms with Crippen molar-refractivity contribution in [2.45, 2.75) is 18.8 Å². The smallest absolute Gasteiger partial charge is 0.338 e. The van der Waals surface area contributed by atoms with Gasteiger partial charge in [-0.05, 0) is 48.9 Å². The first-order valence-electron chi connectivity index (χ1n) is 7.43. The topological polar surface area (TPSA) is 77.5 Å². The Labute approximate surface area is 151 Å². The average molecular weight is 381 g/mol. The van der Waals surface area contributed by atoms with Gasteiger partial charge in [0.1, 0.15) is 0 Å². The molecule has 2 rings (SSSR count). The summed E-state index contributed by atoms with van der Waals surface area (Å²) in [4.78, 5) is 24.4. The molecule has 25 heavy (non-hydrogen) atoms. The maximum atomic E-state index is 12.2. The van der Waals surface area contributed by atoms with Gasteiger partial charge in [-0.2, -0.15) is 0 Å². The molecule has 1 atom stereocenters. The van der Waals surface area contributed by atoms with E-state index in [1.165, 1.54) is 19.1 Å². The van der Waals surface area contributed by atoms with Crippen LogP contribution in [0.1, 0.15) is 33.2 Å². The molecular formula is C18H17ClO5S. The molecule has 2 aromatic rings. The van der Waals surface area contributed by atoms with E-state index in [0.29, 0.717) is 16.1 Å². The highest BCUT2D eigenvalue weighted by Gasteiger charge is 2.20. The molecule has 132 valence electrons. The largest absolute Gasteiger partial charge is 0.451 e. The molecule has 0 saturated carbocycles. The van der Waals surface area contributed by atoms with Crippen molar-refractivity contribution in [3.8, 4) is 0 Å². The van der Waals surface area contributed by atoms with Gasteiger partial charge in [0.25, 0.3) is 0 Å². The van der Waals surface area contributed by atoms with Gasteiger partial charge < -0.3 is 4.74 Å². The molecule has 0 aliphatic heterocycles. The second-order valence-electron chi connectivity index (χ2n) is 5.69. The lowest BCUT2D eigenvalue weighted by Gasteiger charge is -2.12. The summed E-state index contributed by atoms with van der Waals surface area (Å²) in [5.41, 5.74) is 1.21. The summed E-state index contributed by atoms with van der Waals surface area (Å²) in [6.45, 7) is 1.49. The molecule has 0 unspecified atom stereocenters. The minimum Gasteiger partial charge on any atom is -0.451 e. The number of rotatable bonds is 6.